The van der Waals surface area contributed by atoms with Gasteiger partial charge in [-0.25, -0.2) is 0 Å². The van der Waals surface area contributed by atoms with Crippen molar-refractivity contribution in [3.05, 3.63) is 34.9 Å². The average Bonchev–Trinajstić information content (AvgIpc) is 3.23. The van der Waals surface area contributed by atoms with Crippen LogP contribution in [0, 0.1) is 0 Å². The second-order valence-electron chi connectivity index (χ2n) is 5.91. The van der Waals surface area contributed by atoms with Gasteiger partial charge in [0.15, 0.2) is 0 Å². The predicted octanol–water partition coefficient (Wildman–Crippen LogP) is 1.92. The van der Waals surface area contributed by atoms with Crippen LogP contribution in [-0.2, 0) is 12.8 Å². The van der Waals surface area contributed by atoms with Gasteiger partial charge in [0.2, 0.25) is 0 Å². The number of oxime groups is 1. The lowest BCUT2D eigenvalue weighted by Gasteiger charge is -2.22. The zero-order valence-electron chi connectivity index (χ0n) is 12.1. The SMILES string of the molecule is NC(CCN(C(=O)c1ccc2c(c1)CCC2)C1CC1)=NO. The Morgan fingerprint density at radius 3 is 2.81 bits per heavy atom. The third-order valence-electron chi connectivity index (χ3n) is 4.33. The van der Waals surface area contributed by atoms with Crippen LogP contribution in [0.2, 0.25) is 0 Å². The van der Waals surface area contributed by atoms with Crippen molar-refractivity contribution < 1.29 is 10.0 Å². The molecule has 2 aliphatic carbocycles. The molecule has 0 radical (unpaired) electrons. The maximum Gasteiger partial charge on any atom is 0.254 e. The maximum absolute atomic E-state index is 12.7. The zero-order valence-corrected chi connectivity index (χ0v) is 12.1. The number of rotatable bonds is 5. The van der Waals surface area contributed by atoms with E-state index in [1.165, 1.54) is 17.5 Å². The number of amides is 1. The largest absolute Gasteiger partial charge is 0.409 e. The van der Waals surface area contributed by atoms with Gasteiger partial charge >= 0.3 is 0 Å². The third kappa shape index (κ3) is 3.01. The summed E-state index contributed by atoms with van der Waals surface area (Å²) in [6.07, 6.45) is 5.88. The first-order valence-electron chi connectivity index (χ1n) is 7.58. The van der Waals surface area contributed by atoms with Crippen LogP contribution in [0.1, 0.15) is 47.2 Å². The number of hydrogen-bond donors (Lipinski definition) is 2. The number of benzene rings is 1. The highest BCUT2D eigenvalue weighted by Gasteiger charge is 2.33. The molecule has 1 aromatic carbocycles. The molecule has 112 valence electrons. The second-order valence-corrected chi connectivity index (χ2v) is 5.91. The Labute approximate surface area is 124 Å². The molecule has 2 aliphatic rings. The summed E-state index contributed by atoms with van der Waals surface area (Å²) in [7, 11) is 0. The average molecular weight is 287 g/mol. The molecule has 0 bridgehead atoms. The highest BCUT2D eigenvalue weighted by Crippen LogP contribution is 2.29. The molecule has 5 heteroatoms. The zero-order chi connectivity index (χ0) is 14.8. The molecule has 5 nitrogen and oxygen atoms in total. The molecular formula is C16H21N3O2. The molecule has 1 saturated carbocycles. The first-order chi connectivity index (χ1) is 10.2. The van der Waals surface area contributed by atoms with Gasteiger partial charge in [0.25, 0.3) is 5.91 Å². The Kier molecular flexibility index (Phi) is 3.82. The highest BCUT2D eigenvalue weighted by molar-refractivity contribution is 5.95. The molecule has 0 heterocycles. The standard InChI is InChI=1S/C16H21N3O2/c17-15(18-21)8-9-19(14-6-7-14)16(20)13-5-4-11-2-1-3-12(11)10-13/h4-5,10,14,21H,1-3,6-9H2,(H2,17,18). The molecule has 0 aliphatic heterocycles. The van der Waals surface area contributed by atoms with Crippen LogP contribution in [0.3, 0.4) is 0 Å². The van der Waals surface area contributed by atoms with E-state index in [1.807, 2.05) is 17.0 Å². The van der Waals surface area contributed by atoms with E-state index in [0.29, 0.717) is 19.0 Å². The molecule has 21 heavy (non-hydrogen) atoms. The van der Waals surface area contributed by atoms with Crippen molar-refractivity contribution in [2.24, 2.45) is 10.9 Å². The molecule has 1 fully saturated rings. The predicted molar refractivity (Wildman–Crippen MR) is 80.6 cm³/mol. The Balaban J connectivity index is 1.74. The number of nitrogens with zero attached hydrogens (tertiary/aromatic N) is 2. The van der Waals surface area contributed by atoms with Crippen LogP contribution in [0.5, 0.6) is 0 Å². The van der Waals surface area contributed by atoms with Crippen molar-refractivity contribution in [3.8, 4) is 0 Å². The molecule has 0 aromatic heterocycles. The molecule has 3 N–H and O–H groups in total. The number of aryl methyl sites for hydroxylation is 2. The fourth-order valence-corrected chi connectivity index (χ4v) is 2.99. The Morgan fingerprint density at radius 1 is 1.33 bits per heavy atom. The van der Waals surface area contributed by atoms with Gasteiger partial charge in [0.1, 0.15) is 5.84 Å². The summed E-state index contributed by atoms with van der Waals surface area (Å²) in [5, 5.41) is 11.6. The lowest BCUT2D eigenvalue weighted by atomic mass is 10.1. The fraction of sp³-hybridized carbons (Fsp3) is 0.500. The summed E-state index contributed by atoms with van der Waals surface area (Å²) in [4.78, 5) is 14.6. The molecule has 3 rings (SSSR count). The lowest BCUT2D eigenvalue weighted by molar-refractivity contribution is 0.0747. The van der Waals surface area contributed by atoms with Crippen molar-refractivity contribution in [1.82, 2.24) is 4.90 Å². The van der Waals surface area contributed by atoms with Gasteiger partial charge in [-0.05, 0) is 55.4 Å². The van der Waals surface area contributed by atoms with Crippen LogP contribution in [0.25, 0.3) is 0 Å². The maximum atomic E-state index is 12.7. The quantitative estimate of drug-likeness (QED) is 0.376. The van der Waals surface area contributed by atoms with E-state index >= 15 is 0 Å². The number of carbonyl (C=O) groups excluding carboxylic acids is 1. The van der Waals surface area contributed by atoms with Gasteiger partial charge in [-0.2, -0.15) is 0 Å². The van der Waals surface area contributed by atoms with Crippen molar-refractivity contribution in [2.75, 3.05) is 6.54 Å². The number of hydrogen-bond acceptors (Lipinski definition) is 3. The van der Waals surface area contributed by atoms with Crippen molar-refractivity contribution in [2.45, 2.75) is 44.6 Å². The summed E-state index contributed by atoms with van der Waals surface area (Å²) in [5.74, 6) is 0.236. The monoisotopic (exact) mass is 287 g/mol. The fourth-order valence-electron chi connectivity index (χ4n) is 2.99. The van der Waals surface area contributed by atoms with Crippen molar-refractivity contribution >= 4 is 11.7 Å². The lowest BCUT2D eigenvalue weighted by Crippen LogP contribution is -2.36. The number of fused-ring (bicyclic) bond motifs is 1. The first-order valence-corrected chi connectivity index (χ1v) is 7.58. The molecular weight excluding hydrogens is 266 g/mol. The van der Waals surface area contributed by atoms with Gasteiger partial charge in [-0.3, -0.25) is 4.79 Å². The van der Waals surface area contributed by atoms with Gasteiger partial charge < -0.3 is 15.8 Å². The van der Waals surface area contributed by atoms with E-state index in [-0.39, 0.29) is 11.7 Å². The molecule has 0 saturated heterocycles. The normalized spacial score (nSPS) is 17.6. The summed E-state index contributed by atoms with van der Waals surface area (Å²) in [5.41, 5.74) is 8.97. The van der Waals surface area contributed by atoms with Crippen LogP contribution < -0.4 is 5.73 Å². The Hall–Kier alpha value is -2.04. The summed E-state index contributed by atoms with van der Waals surface area (Å²) < 4.78 is 0. The third-order valence-corrected chi connectivity index (χ3v) is 4.33. The van der Waals surface area contributed by atoms with Gasteiger partial charge in [-0.15, -0.1) is 0 Å². The van der Waals surface area contributed by atoms with Gasteiger partial charge in [0, 0.05) is 24.6 Å². The Bertz CT molecular complexity index is 579. The van der Waals surface area contributed by atoms with E-state index in [1.54, 1.807) is 0 Å². The number of nitrogens with two attached hydrogens (primary N) is 1. The minimum atomic E-state index is 0.0675. The second kappa shape index (κ2) is 5.76. The minimum absolute atomic E-state index is 0.0675. The van der Waals surface area contributed by atoms with Gasteiger partial charge in [-0.1, -0.05) is 11.2 Å². The van der Waals surface area contributed by atoms with Gasteiger partial charge in [0.05, 0.1) is 0 Å². The molecule has 1 aromatic rings. The first kappa shape index (κ1) is 13.9. The number of carbonyl (C=O) groups is 1. The van der Waals surface area contributed by atoms with E-state index in [0.717, 1.165) is 31.2 Å². The molecule has 0 unspecified atom stereocenters. The van der Waals surface area contributed by atoms with Crippen LogP contribution in [0.4, 0.5) is 0 Å². The van der Waals surface area contributed by atoms with E-state index in [2.05, 4.69) is 11.2 Å². The van der Waals surface area contributed by atoms with E-state index in [4.69, 9.17) is 10.9 Å². The molecule has 0 atom stereocenters. The summed E-state index contributed by atoms with van der Waals surface area (Å²) >= 11 is 0. The minimum Gasteiger partial charge on any atom is -0.409 e. The van der Waals surface area contributed by atoms with Crippen molar-refractivity contribution in [1.29, 1.82) is 0 Å². The van der Waals surface area contributed by atoms with Crippen LogP contribution >= 0.6 is 0 Å². The summed E-state index contributed by atoms with van der Waals surface area (Å²) in [6, 6.07) is 6.39. The topological polar surface area (TPSA) is 78.9 Å². The molecule has 0 spiro atoms. The molecule has 1 amide bonds. The number of amidine groups is 1. The van der Waals surface area contributed by atoms with Crippen LogP contribution in [-0.4, -0.2) is 34.4 Å². The van der Waals surface area contributed by atoms with E-state index < -0.39 is 0 Å². The smallest absolute Gasteiger partial charge is 0.254 e. The van der Waals surface area contributed by atoms with Crippen molar-refractivity contribution in [3.63, 3.8) is 0 Å². The van der Waals surface area contributed by atoms with Crippen LogP contribution in [0.15, 0.2) is 23.4 Å². The highest BCUT2D eigenvalue weighted by atomic mass is 16.4. The summed E-state index contributed by atoms with van der Waals surface area (Å²) in [6.45, 7) is 0.510. The Morgan fingerprint density at radius 2 is 2.10 bits per heavy atom. The van der Waals surface area contributed by atoms with E-state index in [9.17, 15) is 4.79 Å².